The Morgan fingerprint density at radius 2 is 2.05 bits per heavy atom. The molecular formula is C11H14N6OS. The molecule has 2 aromatic rings. The van der Waals surface area contributed by atoms with Gasteiger partial charge in [-0.2, -0.15) is 0 Å². The van der Waals surface area contributed by atoms with E-state index in [-0.39, 0.29) is 11.4 Å². The number of aromatic nitrogens is 4. The van der Waals surface area contributed by atoms with E-state index >= 15 is 0 Å². The SMILES string of the molecule is CCc1nc(N)c(C)c(Sc2nc(N)cc(=O)[nH]2)n1. The largest absolute Gasteiger partial charge is 0.383 e. The molecule has 8 heteroatoms. The highest BCUT2D eigenvalue weighted by atomic mass is 32.2. The van der Waals surface area contributed by atoms with Crippen molar-refractivity contribution in [3.8, 4) is 0 Å². The average Bonchev–Trinajstić information content (AvgIpc) is 2.33. The summed E-state index contributed by atoms with van der Waals surface area (Å²) in [6, 6.07) is 1.22. The molecule has 2 rings (SSSR count). The van der Waals surface area contributed by atoms with Crippen LogP contribution in [-0.2, 0) is 6.42 Å². The quantitative estimate of drug-likeness (QED) is 0.559. The molecule has 7 nitrogen and oxygen atoms in total. The second-order valence-electron chi connectivity index (χ2n) is 3.89. The van der Waals surface area contributed by atoms with Crippen LogP contribution in [0.5, 0.6) is 0 Å². The minimum Gasteiger partial charge on any atom is -0.383 e. The zero-order valence-corrected chi connectivity index (χ0v) is 11.4. The maximum Gasteiger partial charge on any atom is 0.253 e. The van der Waals surface area contributed by atoms with Gasteiger partial charge in [0, 0.05) is 18.1 Å². The fraction of sp³-hybridized carbons (Fsp3) is 0.273. The lowest BCUT2D eigenvalue weighted by Gasteiger charge is -2.08. The van der Waals surface area contributed by atoms with E-state index in [2.05, 4.69) is 19.9 Å². The smallest absolute Gasteiger partial charge is 0.253 e. The van der Waals surface area contributed by atoms with Gasteiger partial charge in [-0.3, -0.25) is 4.79 Å². The second-order valence-corrected chi connectivity index (χ2v) is 4.86. The van der Waals surface area contributed by atoms with Crippen molar-refractivity contribution in [2.45, 2.75) is 30.5 Å². The Labute approximate surface area is 113 Å². The van der Waals surface area contributed by atoms with Gasteiger partial charge >= 0.3 is 0 Å². The monoisotopic (exact) mass is 278 g/mol. The molecule has 2 heterocycles. The molecule has 0 aromatic carbocycles. The van der Waals surface area contributed by atoms with E-state index in [1.807, 2.05) is 13.8 Å². The molecular weight excluding hydrogens is 264 g/mol. The van der Waals surface area contributed by atoms with Gasteiger partial charge in [0.15, 0.2) is 5.16 Å². The van der Waals surface area contributed by atoms with Gasteiger partial charge in [0.1, 0.15) is 22.5 Å². The number of hydrogen-bond donors (Lipinski definition) is 3. The summed E-state index contributed by atoms with van der Waals surface area (Å²) < 4.78 is 0. The predicted octanol–water partition coefficient (Wildman–Crippen LogP) is 0.746. The molecule has 0 spiro atoms. The normalized spacial score (nSPS) is 10.6. The van der Waals surface area contributed by atoms with Crippen molar-refractivity contribution in [1.29, 1.82) is 0 Å². The Hall–Kier alpha value is -2.09. The minimum absolute atomic E-state index is 0.168. The van der Waals surface area contributed by atoms with Crippen molar-refractivity contribution in [3.63, 3.8) is 0 Å². The molecule has 0 fully saturated rings. The second kappa shape index (κ2) is 5.27. The first-order chi connectivity index (χ1) is 8.99. The molecule has 0 unspecified atom stereocenters. The molecule has 0 radical (unpaired) electrons. The molecule has 2 aromatic heterocycles. The van der Waals surface area contributed by atoms with Crippen molar-refractivity contribution in [2.24, 2.45) is 0 Å². The summed E-state index contributed by atoms with van der Waals surface area (Å²) in [5, 5.41) is 1.05. The summed E-state index contributed by atoms with van der Waals surface area (Å²) in [5.41, 5.74) is 11.8. The highest BCUT2D eigenvalue weighted by Gasteiger charge is 2.11. The van der Waals surface area contributed by atoms with Crippen LogP contribution in [0.25, 0.3) is 0 Å². The Balaban J connectivity index is 2.42. The van der Waals surface area contributed by atoms with Crippen molar-refractivity contribution >= 4 is 23.4 Å². The molecule has 100 valence electrons. The number of anilines is 2. The van der Waals surface area contributed by atoms with E-state index in [0.29, 0.717) is 28.2 Å². The summed E-state index contributed by atoms with van der Waals surface area (Å²) >= 11 is 1.21. The average molecular weight is 278 g/mol. The summed E-state index contributed by atoms with van der Waals surface area (Å²) in [7, 11) is 0. The molecule has 0 amide bonds. The Morgan fingerprint density at radius 3 is 2.68 bits per heavy atom. The highest BCUT2D eigenvalue weighted by Crippen LogP contribution is 2.27. The first-order valence-electron chi connectivity index (χ1n) is 5.67. The van der Waals surface area contributed by atoms with E-state index in [4.69, 9.17) is 11.5 Å². The van der Waals surface area contributed by atoms with Crippen LogP contribution in [0.1, 0.15) is 18.3 Å². The number of nitrogens with zero attached hydrogens (tertiary/aromatic N) is 3. The third-order valence-electron chi connectivity index (χ3n) is 2.43. The van der Waals surface area contributed by atoms with Gasteiger partial charge in [-0.05, 0) is 18.7 Å². The lowest BCUT2D eigenvalue weighted by Crippen LogP contribution is -2.10. The van der Waals surface area contributed by atoms with Crippen LogP contribution in [0, 0.1) is 6.92 Å². The minimum atomic E-state index is -0.301. The fourth-order valence-electron chi connectivity index (χ4n) is 1.41. The van der Waals surface area contributed by atoms with Gasteiger partial charge in [0.2, 0.25) is 0 Å². The van der Waals surface area contributed by atoms with Crippen LogP contribution in [-0.4, -0.2) is 19.9 Å². The van der Waals surface area contributed by atoms with E-state index < -0.39 is 0 Å². The van der Waals surface area contributed by atoms with Crippen molar-refractivity contribution in [1.82, 2.24) is 19.9 Å². The van der Waals surface area contributed by atoms with E-state index in [1.54, 1.807) is 0 Å². The van der Waals surface area contributed by atoms with Crippen LogP contribution in [0.15, 0.2) is 21.0 Å². The van der Waals surface area contributed by atoms with Gasteiger partial charge in [-0.1, -0.05) is 6.92 Å². The third-order valence-corrected chi connectivity index (χ3v) is 3.41. The molecule has 0 saturated heterocycles. The highest BCUT2D eigenvalue weighted by molar-refractivity contribution is 7.99. The summed E-state index contributed by atoms with van der Waals surface area (Å²) in [6.45, 7) is 3.76. The molecule has 0 bridgehead atoms. The zero-order chi connectivity index (χ0) is 14.0. The van der Waals surface area contributed by atoms with Crippen LogP contribution in [0.4, 0.5) is 11.6 Å². The number of nitrogens with two attached hydrogens (primary N) is 2. The lowest BCUT2D eigenvalue weighted by molar-refractivity contribution is 0.870. The standard InChI is InChI=1S/C11H14N6OS/c1-3-7-15-9(13)5(2)10(16-7)19-11-14-6(12)4-8(18)17-11/h4H,3H2,1-2H3,(H2,13,15,16)(H3,12,14,17,18). The molecule has 0 aliphatic heterocycles. The van der Waals surface area contributed by atoms with Gasteiger partial charge in [-0.25, -0.2) is 15.0 Å². The van der Waals surface area contributed by atoms with Gasteiger partial charge in [-0.15, -0.1) is 0 Å². The predicted molar refractivity (Wildman–Crippen MR) is 74.0 cm³/mol. The molecule has 5 N–H and O–H groups in total. The van der Waals surface area contributed by atoms with Crippen LogP contribution in [0.3, 0.4) is 0 Å². The number of nitrogen functional groups attached to an aromatic ring is 2. The van der Waals surface area contributed by atoms with E-state index in [0.717, 1.165) is 5.56 Å². The first-order valence-corrected chi connectivity index (χ1v) is 6.49. The maximum absolute atomic E-state index is 11.3. The van der Waals surface area contributed by atoms with Crippen LogP contribution < -0.4 is 17.0 Å². The topological polar surface area (TPSA) is 124 Å². The summed E-state index contributed by atoms with van der Waals surface area (Å²) in [4.78, 5) is 26.5. The molecule has 19 heavy (non-hydrogen) atoms. The van der Waals surface area contributed by atoms with Crippen molar-refractivity contribution in [2.75, 3.05) is 11.5 Å². The van der Waals surface area contributed by atoms with Gasteiger partial charge < -0.3 is 16.5 Å². The fourth-order valence-corrected chi connectivity index (χ4v) is 2.30. The number of H-pyrrole nitrogens is 1. The number of aromatic amines is 1. The molecule has 0 saturated carbocycles. The van der Waals surface area contributed by atoms with Gasteiger partial charge in [0.05, 0.1) is 0 Å². The van der Waals surface area contributed by atoms with Crippen molar-refractivity contribution in [3.05, 3.63) is 27.8 Å². The van der Waals surface area contributed by atoms with E-state index in [1.165, 1.54) is 17.8 Å². The number of hydrogen-bond acceptors (Lipinski definition) is 7. The Morgan fingerprint density at radius 1 is 1.32 bits per heavy atom. The third kappa shape index (κ3) is 3.02. The van der Waals surface area contributed by atoms with Gasteiger partial charge in [0.25, 0.3) is 5.56 Å². The number of nitrogens with one attached hydrogen (secondary N) is 1. The van der Waals surface area contributed by atoms with Crippen molar-refractivity contribution < 1.29 is 0 Å². The zero-order valence-electron chi connectivity index (χ0n) is 10.6. The maximum atomic E-state index is 11.3. The van der Waals surface area contributed by atoms with Crippen LogP contribution in [0.2, 0.25) is 0 Å². The molecule has 0 atom stereocenters. The summed E-state index contributed by atoms with van der Waals surface area (Å²) in [5.74, 6) is 1.25. The molecule has 0 aliphatic rings. The van der Waals surface area contributed by atoms with Crippen LogP contribution >= 0.6 is 11.8 Å². The first kappa shape index (κ1) is 13.3. The number of aryl methyl sites for hydroxylation is 1. The Kier molecular flexibility index (Phi) is 3.70. The molecule has 0 aliphatic carbocycles. The number of rotatable bonds is 3. The lowest BCUT2D eigenvalue weighted by atomic mass is 10.3. The Bertz CT molecular complexity index is 669. The summed E-state index contributed by atoms with van der Waals surface area (Å²) in [6.07, 6.45) is 0.679. The van der Waals surface area contributed by atoms with E-state index in [9.17, 15) is 4.79 Å².